The van der Waals surface area contributed by atoms with Gasteiger partial charge in [0, 0.05) is 6.54 Å². The topological polar surface area (TPSA) is 62.3 Å². The highest BCUT2D eigenvalue weighted by Gasteiger charge is 2.16. The van der Waals surface area contributed by atoms with Crippen LogP contribution in [0.2, 0.25) is 0 Å². The van der Waals surface area contributed by atoms with Gasteiger partial charge < -0.3 is 14.5 Å². The monoisotopic (exact) mass is 389 g/mol. The van der Waals surface area contributed by atoms with E-state index in [-0.39, 0.29) is 0 Å². The average molecular weight is 390 g/mol. The molecule has 3 aromatic heterocycles. The summed E-state index contributed by atoms with van der Waals surface area (Å²) in [6, 6.07) is 18.4. The zero-order valence-electron chi connectivity index (χ0n) is 14.3. The van der Waals surface area contributed by atoms with Gasteiger partial charge in [-0.1, -0.05) is 54.7 Å². The Kier molecular flexibility index (Phi) is 3.84. The molecule has 0 unspecified atom stereocenters. The SMILES string of the molecule is S=c1nc2c(c(=S)[nH]1)c1[nH]c3ccccc3nc1n2CCc1ccccc1. The Morgan fingerprint density at radius 1 is 0.852 bits per heavy atom. The van der Waals surface area contributed by atoms with Gasteiger partial charge in [0.05, 0.1) is 21.9 Å². The lowest BCUT2D eigenvalue weighted by Gasteiger charge is -2.07. The number of rotatable bonds is 3. The van der Waals surface area contributed by atoms with Crippen LogP contribution in [0.1, 0.15) is 5.56 Å². The van der Waals surface area contributed by atoms with Crippen LogP contribution in [0.4, 0.5) is 0 Å². The lowest BCUT2D eigenvalue weighted by atomic mass is 10.1. The standard InChI is InChI=1S/C20H15N5S2/c26-19-15-16-18(22-14-9-5-4-8-13(14)21-16)25(17(15)23-20(27)24-19)11-10-12-6-2-1-3-7-12/h1-9,21H,10-11H2,(H,24,26,27). The molecule has 5 aromatic rings. The van der Waals surface area contributed by atoms with Gasteiger partial charge in [-0.3, -0.25) is 0 Å². The summed E-state index contributed by atoms with van der Waals surface area (Å²) in [7, 11) is 0. The van der Waals surface area contributed by atoms with E-state index >= 15 is 0 Å². The fraction of sp³-hybridized carbons (Fsp3) is 0.100. The van der Waals surface area contributed by atoms with Gasteiger partial charge in [0.15, 0.2) is 10.4 Å². The summed E-state index contributed by atoms with van der Waals surface area (Å²) in [6.45, 7) is 0.740. The molecular formula is C20H15N5S2. The number of aromatic amines is 2. The summed E-state index contributed by atoms with van der Waals surface area (Å²) in [6.07, 6.45) is 0.869. The third kappa shape index (κ3) is 2.75. The summed E-state index contributed by atoms with van der Waals surface area (Å²) in [5, 5.41) is 0.861. The molecule has 0 saturated heterocycles. The molecule has 0 aliphatic carbocycles. The Balaban J connectivity index is 1.81. The molecule has 0 radical (unpaired) electrons. The molecule has 0 amide bonds. The minimum Gasteiger partial charge on any atom is -0.350 e. The van der Waals surface area contributed by atoms with Gasteiger partial charge in [-0.15, -0.1) is 0 Å². The van der Waals surface area contributed by atoms with Crippen molar-refractivity contribution in [1.82, 2.24) is 24.5 Å². The Hall–Kier alpha value is -2.90. The molecule has 0 spiro atoms. The van der Waals surface area contributed by atoms with Crippen molar-refractivity contribution >= 4 is 57.7 Å². The van der Waals surface area contributed by atoms with Crippen LogP contribution in [-0.2, 0) is 13.0 Å². The van der Waals surface area contributed by atoms with Crippen LogP contribution in [0.5, 0.6) is 0 Å². The third-order valence-corrected chi connectivity index (χ3v) is 5.22. The van der Waals surface area contributed by atoms with Crippen LogP contribution in [0, 0.1) is 9.41 Å². The van der Waals surface area contributed by atoms with E-state index in [4.69, 9.17) is 29.4 Å². The van der Waals surface area contributed by atoms with E-state index in [0.717, 1.165) is 46.2 Å². The van der Waals surface area contributed by atoms with E-state index in [1.165, 1.54) is 5.56 Å². The lowest BCUT2D eigenvalue weighted by molar-refractivity contribution is 0.730. The van der Waals surface area contributed by atoms with Gasteiger partial charge in [0.25, 0.3) is 0 Å². The molecule has 5 nitrogen and oxygen atoms in total. The molecule has 0 bridgehead atoms. The Morgan fingerprint density at radius 2 is 1.63 bits per heavy atom. The zero-order chi connectivity index (χ0) is 18.4. The number of aryl methyl sites for hydroxylation is 2. The number of benzene rings is 2. The highest BCUT2D eigenvalue weighted by Crippen LogP contribution is 2.27. The molecule has 2 N–H and O–H groups in total. The molecule has 3 heterocycles. The van der Waals surface area contributed by atoms with Crippen molar-refractivity contribution in [3.63, 3.8) is 0 Å². The number of fused-ring (bicyclic) bond motifs is 4. The molecule has 7 heteroatoms. The molecular weight excluding hydrogens is 374 g/mol. The normalized spacial score (nSPS) is 11.6. The number of aromatic nitrogens is 5. The van der Waals surface area contributed by atoms with Crippen molar-refractivity contribution < 1.29 is 0 Å². The molecule has 0 fully saturated rings. The highest BCUT2D eigenvalue weighted by molar-refractivity contribution is 7.72. The van der Waals surface area contributed by atoms with E-state index < -0.39 is 0 Å². The first kappa shape index (κ1) is 16.3. The van der Waals surface area contributed by atoms with Gasteiger partial charge >= 0.3 is 0 Å². The molecule has 0 aliphatic heterocycles. The Morgan fingerprint density at radius 3 is 2.48 bits per heavy atom. The van der Waals surface area contributed by atoms with Crippen LogP contribution in [0.3, 0.4) is 0 Å². The van der Waals surface area contributed by atoms with Crippen molar-refractivity contribution in [3.8, 4) is 0 Å². The van der Waals surface area contributed by atoms with Crippen molar-refractivity contribution in [2.24, 2.45) is 0 Å². The molecule has 0 aliphatic rings. The zero-order valence-corrected chi connectivity index (χ0v) is 15.9. The van der Waals surface area contributed by atoms with E-state index in [2.05, 4.69) is 43.8 Å². The second-order valence-electron chi connectivity index (χ2n) is 6.41. The maximum absolute atomic E-state index is 5.56. The van der Waals surface area contributed by atoms with Gasteiger partial charge in [0.2, 0.25) is 0 Å². The van der Waals surface area contributed by atoms with Gasteiger partial charge in [-0.25, -0.2) is 9.97 Å². The van der Waals surface area contributed by atoms with E-state index in [0.29, 0.717) is 9.41 Å². The molecule has 0 saturated carbocycles. The maximum Gasteiger partial charge on any atom is 0.199 e. The summed E-state index contributed by atoms with van der Waals surface area (Å²) < 4.78 is 3.09. The second-order valence-corrected chi connectivity index (χ2v) is 7.20. The van der Waals surface area contributed by atoms with Crippen LogP contribution in [0.25, 0.3) is 33.2 Å². The average Bonchev–Trinajstić information content (AvgIpc) is 2.98. The predicted molar refractivity (Wildman–Crippen MR) is 113 cm³/mol. The van der Waals surface area contributed by atoms with Gasteiger partial charge in [0.1, 0.15) is 10.3 Å². The van der Waals surface area contributed by atoms with Crippen molar-refractivity contribution in [2.75, 3.05) is 0 Å². The van der Waals surface area contributed by atoms with Gasteiger partial charge in [-0.2, -0.15) is 0 Å². The number of hydrogen-bond acceptors (Lipinski definition) is 4. The van der Waals surface area contributed by atoms with E-state index in [1.807, 2.05) is 30.3 Å². The first-order valence-electron chi connectivity index (χ1n) is 8.66. The van der Waals surface area contributed by atoms with Crippen molar-refractivity contribution in [3.05, 3.63) is 69.6 Å². The van der Waals surface area contributed by atoms with E-state index in [9.17, 15) is 0 Å². The van der Waals surface area contributed by atoms with Crippen LogP contribution in [-0.4, -0.2) is 24.5 Å². The highest BCUT2D eigenvalue weighted by atomic mass is 32.1. The summed E-state index contributed by atoms with van der Waals surface area (Å²) in [4.78, 5) is 16.0. The van der Waals surface area contributed by atoms with Crippen LogP contribution >= 0.6 is 24.4 Å². The number of hydrogen-bond donors (Lipinski definition) is 2. The number of nitrogens with one attached hydrogen (secondary N) is 2. The molecule has 5 rings (SSSR count). The summed E-state index contributed by atoms with van der Waals surface area (Å²) in [5.74, 6) is 0. The summed E-state index contributed by atoms with van der Waals surface area (Å²) >= 11 is 10.8. The predicted octanol–water partition coefficient (Wildman–Crippen LogP) is 5.10. The number of H-pyrrole nitrogens is 2. The first-order valence-corrected chi connectivity index (χ1v) is 9.47. The minimum absolute atomic E-state index is 0.390. The Labute approximate surface area is 164 Å². The van der Waals surface area contributed by atoms with Crippen LogP contribution < -0.4 is 0 Å². The molecule has 27 heavy (non-hydrogen) atoms. The summed E-state index contributed by atoms with van der Waals surface area (Å²) in [5.41, 5.74) is 5.63. The van der Waals surface area contributed by atoms with Crippen molar-refractivity contribution in [2.45, 2.75) is 13.0 Å². The number of para-hydroxylation sites is 2. The van der Waals surface area contributed by atoms with Gasteiger partial charge in [-0.05, 0) is 36.3 Å². The number of nitrogens with zero attached hydrogens (tertiary/aromatic N) is 3. The fourth-order valence-electron chi connectivity index (χ4n) is 3.47. The third-order valence-electron chi connectivity index (χ3n) is 4.72. The smallest absolute Gasteiger partial charge is 0.199 e. The molecule has 0 atom stereocenters. The van der Waals surface area contributed by atoms with Crippen molar-refractivity contribution in [1.29, 1.82) is 0 Å². The molecule has 2 aromatic carbocycles. The largest absolute Gasteiger partial charge is 0.350 e. The lowest BCUT2D eigenvalue weighted by Crippen LogP contribution is -2.04. The maximum atomic E-state index is 5.56. The fourth-order valence-corrected chi connectivity index (χ4v) is 4.01. The van der Waals surface area contributed by atoms with E-state index in [1.54, 1.807) is 0 Å². The quantitative estimate of drug-likeness (QED) is 0.422. The Bertz CT molecular complexity index is 1410. The minimum atomic E-state index is 0.390. The molecule has 132 valence electrons. The second kappa shape index (κ2) is 6.37. The van der Waals surface area contributed by atoms with Crippen LogP contribution in [0.15, 0.2) is 54.6 Å². The first-order chi connectivity index (χ1) is 13.2.